The Morgan fingerprint density at radius 3 is 2.00 bits per heavy atom. The molecule has 0 aliphatic heterocycles. The molecule has 0 aromatic carbocycles. The fourth-order valence-electron chi connectivity index (χ4n) is 3.76. The fourth-order valence-corrected chi connectivity index (χ4v) is 3.76. The van der Waals surface area contributed by atoms with Gasteiger partial charge in [0.2, 0.25) is 0 Å². The van der Waals surface area contributed by atoms with Crippen LogP contribution in [-0.2, 0) is 0 Å². The average molecular weight is 242 g/mol. The SMILES string of the molecule is FC(F)=CCC1CCC(C2CCCCC2)CC1. The van der Waals surface area contributed by atoms with Crippen LogP contribution in [0.4, 0.5) is 8.78 Å². The Labute approximate surface area is 103 Å². The van der Waals surface area contributed by atoms with E-state index in [9.17, 15) is 8.78 Å². The van der Waals surface area contributed by atoms with E-state index in [0.717, 1.165) is 17.9 Å². The van der Waals surface area contributed by atoms with Crippen molar-refractivity contribution in [2.75, 3.05) is 0 Å². The molecule has 0 bridgehead atoms. The van der Waals surface area contributed by atoms with Gasteiger partial charge in [0.25, 0.3) is 6.08 Å². The first kappa shape index (κ1) is 13.0. The summed E-state index contributed by atoms with van der Waals surface area (Å²) in [5, 5.41) is 0. The van der Waals surface area contributed by atoms with Gasteiger partial charge in [0.05, 0.1) is 0 Å². The maximum atomic E-state index is 12.0. The third kappa shape index (κ3) is 4.08. The van der Waals surface area contributed by atoms with E-state index in [1.165, 1.54) is 57.8 Å². The minimum Gasteiger partial charge on any atom is -0.174 e. The van der Waals surface area contributed by atoms with Gasteiger partial charge in [-0.2, -0.15) is 8.78 Å². The molecule has 2 rings (SSSR count). The van der Waals surface area contributed by atoms with Gasteiger partial charge in [-0.25, -0.2) is 0 Å². The van der Waals surface area contributed by atoms with E-state index in [1.54, 1.807) is 0 Å². The molecule has 0 aromatic heterocycles. The van der Waals surface area contributed by atoms with E-state index in [1.807, 2.05) is 0 Å². The topological polar surface area (TPSA) is 0 Å². The molecule has 0 spiro atoms. The second-order valence-electron chi connectivity index (χ2n) is 5.91. The Bertz CT molecular complexity index is 242. The molecule has 2 aliphatic rings. The Hall–Kier alpha value is -0.400. The summed E-state index contributed by atoms with van der Waals surface area (Å²) in [6, 6.07) is 0. The molecule has 17 heavy (non-hydrogen) atoms. The summed E-state index contributed by atoms with van der Waals surface area (Å²) in [4.78, 5) is 0. The summed E-state index contributed by atoms with van der Waals surface area (Å²) in [7, 11) is 0. The molecule has 98 valence electrons. The summed E-state index contributed by atoms with van der Waals surface area (Å²) < 4.78 is 24.0. The van der Waals surface area contributed by atoms with Crippen molar-refractivity contribution in [3.63, 3.8) is 0 Å². The van der Waals surface area contributed by atoms with Crippen molar-refractivity contribution in [1.29, 1.82) is 0 Å². The van der Waals surface area contributed by atoms with E-state index in [-0.39, 0.29) is 0 Å². The number of hydrogen-bond donors (Lipinski definition) is 0. The lowest BCUT2D eigenvalue weighted by Gasteiger charge is -2.35. The van der Waals surface area contributed by atoms with Crippen LogP contribution in [0.2, 0.25) is 0 Å². The lowest BCUT2D eigenvalue weighted by molar-refractivity contribution is 0.167. The summed E-state index contributed by atoms with van der Waals surface area (Å²) in [6.45, 7) is 0. The molecule has 0 saturated heterocycles. The molecule has 0 unspecified atom stereocenters. The smallest absolute Gasteiger partial charge is 0.174 e. The van der Waals surface area contributed by atoms with Crippen molar-refractivity contribution in [2.45, 2.75) is 64.2 Å². The highest BCUT2D eigenvalue weighted by molar-refractivity contribution is 4.86. The highest BCUT2D eigenvalue weighted by Gasteiger charge is 2.28. The van der Waals surface area contributed by atoms with E-state index >= 15 is 0 Å². The summed E-state index contributed by atoms with van der Waals surface area (Å²) in [5.41, 5.74) is 0. The highest BCUT2D eigenvalue weighted by Crippen LogP contribution is 2.40. The molecule has 2 aliphatic carbocycles. The van der Waals surface area contributed by atoms with Crippen molar-refractivity contribution in [3.8, 4) is 0 Å². The van der Waals surface area contributed by atoms with E-state index in [0.29, 0.717) is 12.3 Å². The molecule has 0 heterocycles. The first-order chi connectivity index (χ1) is 8.25. The third-order valence-electron chi connectivity index (χ3n) is 4.81. The van der Waals surface area contributed by atoms with Crippen LogP contribution in [0, 0.1) is 17.8 Å². The van der Waals surface area contributed by atoms with E-state index < -0.39 is 6.08 Å². The minimum absolute atomic E-state index is 0.524. The quantitative estimate of drug-likeness (QED) is 0.609. The number of hydrogen-bond acceptors (Lipinski definition) is 0. The largest absolute Gasteiger partial charge is 0.266 e. The van der Waals surface area contributed by atoms with Crippen molar-refractivity contribution in [2.24, 2.45) is 17.8 Å². The van der Waals surface area contributed by atoms with Gasteiger partial charge < -0.3 is 0 Å². The summed E-state index contributed by atoms with van der Waals surface area (Å²) in [5.74, 6) is 2.39. The third-order valence-corrected chi connectivity index (χ3v) is 4.81. The first-order valence-corrected chi connectivity index (χ1v) is 7.27. The van der Waals surface area contributed by atoms with Gasteiger partial charge in [-0.05, 0) is 55.9 Å². The Balaban J connectivity index is 1.71. The molecule has 0 atom stereocenters. The van der Waals surface area contributed by atoms with Gasteiger partial charge in [-0.3, -0.25) is 0 Å². The zero-order valence-corrected chi connectivity index (χ0v) is 10.6. The molecule has 2 heteroatoms. The molecule has 0 nitrogen and oxygen atoms in total. The molecule has 2 fully saturated rings. The second-order valence-corrected chi connectivity index (χ2v) is 5.91. The highest BCUT2D eigenvalue weighted by atomic mass is 19.3. The van der Waals surface area contributed by atoms with Crippen LogP contribution < -0.4 is 0 Å². The molecule has 0 N–H and O–H groups in total. The Morgan fingerprint density at radius 1 is 0.824 bits per heavy atom. The molecule has 0 amide bonds. The fraction of sp³-hybridized carbons (Fsp3) is 0.867. The first-order valence-electron chi connectivity index (χ1n) is 7.27. The Morgan fingerprint density at radius 2 is 1.41 bits per heavy atom. The maximum absolute atomic E-state index is 12.0. The zero-order valence-electron chi connectivity index (χ0n) is 10.6. The summed E-state index contributed by atoms with van der Waals surface area (Å²) >= 11 is 0. The van der Waals surface area contributed by atoms with Gasteiger partial charge in [0.1, 0.15) is 0 Å². The van der Waals surface area contributed by atoms with Crippen molar-refractivity contribution >= 4 is 0 Å². The number of halogens is 2. The van der Waals surface area contributed by atoms with Gasteiger partial charge >= 0.3 is 0 Å². The van der Waals surface area contributed by atoms with Gasteiger partial charge in [-0.1, -0.05) is 32.1 Å². The van der Waals surface area contributed by atoms with E-state index in [2.05, 4.69) is 0 Å². The van der Waals surface area contributed by atoms with Crippen LogP contribution in [0.1, 0.15) is 64.2 Å². The molecule has 0 radical (unpaired) electrons. The summed E-state index contributed by atoms with van der Waals surface area (Å²) in [6.07, 6.45) is 12.2. The van der Waals surface area contributed by atoms with Gasteiger partial charge in [0.15, 0.2) is 0 Å². The van der Waals surface area contributed by atoms with Crippen LogP contribution in [0.3, 0.4) is 0 Å². The Kier molecular flexibility index (Phi) is 4.99. The maximum Gasteiger partial charge on any atom is 0.266 e. The van der Waals surface area contributed by atoms with Gasteiger partial charge in [0, 0.05) is 0 Å². The van der Waals surface area contributed by atoms with Crippen LogP contribution in [0.25, 0.3) is 0 Å². The number of rotatable bonds is 3. The zero-order chi connectivity index (χ0) is 12.1. The lowest BCUT2D eigenvalue weighted by Crippen LogP contribution is -2.23. The monoisotopic (exact) mass is 242 g/mol. The van der Waals surface area contributed by atoms with E-state index in [4.69, 9.17) is 0 Å². The predicted molar refractivity (Wildman–Crippen MR) is 66.9 cm³/mol. The molecule has 2 saturated carbocycles. The standard InChI is InChI=1S/C15H24F2/c16-15(17)11-8-12-6-9-14(10-7-12)13-4-2-1-3-5-13/h11-14H,1-10H2. The second kappa shape index (κ2) is 6.51. The minimum atomic E-state index is -1.50. The van der Waals surface area contributed by atoms with Crippen LogP contribution >= 0.6 is 0 Å². The van der Waals surface area contributed by atoms with Gasteiger partial charge in [-0.15, -0.1) is 0 Å². The van der Waals surface area contributed by atoms with Crippen LogP contribution in [0.5, 0.6) is 0 Å². The van der Waals surface area contributed by atoms with Crippen LogP contribution in [0.15, 0.2) is 12.2 Å². The normalized spacial score (nSPS) is 31.2. The molecular formula is C15H24F2. The van der Waals surface area contributed by atoms with Crippen molar-refractivity contribution in [1.82, 2.24) is 0 Å². The van der Waals surface area contributed by atoms with Crippen molar-refractivity contribution in [3.05, 3.63) is 12.2 Å². The lowest BCUT2D eigenvalue weighted by atomic mass is 9.70. The van der Waals surface area contributed by atoms with Crippen molar-refractivity contribution < 1.29 is 8.78 Å². The van der Waals surface area contributed by atoms with Crippen LogP contribution in [-0.4, -0.2) is 0 Å². The predicted octanol–water partition coefficient (Wildman–Crippen LogP) is 5.54. The molecule has 0 aromatic rings. The average Bonchev–Trinajstić information content (AvgIpc) is 2.38. The molecular weight excluding hydrogens is 218 g/mol. The number of allylic oxidation sites excluding steroid dienone is 1.